The highest BCUT2D eigenvalue weighted by atomic mass is 14.8. The van der Waals surface area contributed by atoms with Gasteiger partial charge in [0.15, 0.2) is 0 Å². The first-order valence-electron chi connectivity index (χ1n) is 4.92. The van der Waals surface area contributed by atoms with Gasteiger partial charge in [-0.1, -0.05) is 42.5 Å². The van der Waals surface area contributed by atoms with E-state index in [4.69, 9.17) is 0 Å². The topological polar surface area (TPSA) is 12.4 Å². The third kappa shape index (κ3) is 1.06. The van der Waals surface area contributed by atoms with Crippen LogP contribution in [0.3, 0.4) is 0 Å². The molecule has 68 valence electrons. The summed E-state index contributed by atoms with van der Waals surface area (Å²) in [7, 11) is 0. The number of hydrogen-bond acceptors (Lipinski definition) is 1. The molecule has 0 saturated heterocycles. The van der Waals surface area contributed by atoms with Crippen molar-refractivity contribution in [1.29, 1.82) is 0 Å². The lowest BCUT2D eigenvalue weighted by atomic mass is 9.80. The fourth-order valence-electron chi connectivity index (χ4n) is 2.15. The first-order chi connectivity index (χ1) is 6.95. The van der Waals surface area contributed by atoms with E-state index < -0.39 is 0 Å². The van der Waals surface area contributed by atoms with Crippen LogP contribution in [-0.2, 0) is 0 Å². The maximum absolute atomic E-state index is 4.53. The molecule has 0 aromatic rings. The van der Waals surface area contributed by atoms with Crippen LogP contribution in [0.25, 0.3) is 0 Å². The highest BCUT2D eigenvalue weighted by molar-refractivity contribution is 5.75. The predicted molar refractivity (Wildman–Crippen MR) is 59.4 cm³/mol. The van der Waals surface area contributed by atoms with E-state index in [0.717, 1.165) is 0 Å². The van der Waals surface area contributed by atoms with Crippen molar-refractivity contribution in [1.82, 2.24) is 0 Å². The van der Waals surface area contributed by atoms with E-state index in [9.17, 15) is 0 Å². The molecule has 0 aromatic carbocycles. The molecule has 1 nitrogen and oxygen atoms in total. The van der Waals surface area contributed by atoms with Crippen molar-refractivity contribution in [3.05, 3.63) is 59.8 Å². The summed E-state index contributed by atoms with van der Waals surface area (Å²) in [5, 5.41) is 0. The van der Waals surface area contributed by atoms with Crippen LogP contribution in [0.5, 0.6) is 0 Å². The first-order valence-corrected chi connectivity index (χ1v) is 4.92. The summed E-state index contributed by atoms with van der Waals surface area (Å²) in [5.74, 6) is 0.446. The van der Waals surface area contributed by atoms with Gasteiger partial charge in [0.2, 0.25) is 0 Å². The number of aliphatic imine (C=N–C) groups is 1. The van der Waals surface area contributed by atoms with Crippen molar-refractivity contribution in [2.75, 3.05) is 0 Å². The quantitative estimate of drug-likeness (QED) is 0.544. The second-order valence-electron chi connectivity index (χ2n) is 3.71. The molecular weight excluding hydrogens is 170 g/mol. The van der Waals surface area contributed by atoms with Crippen molar-refractivity contribution in [3.63, 3.8) is 0 Å². The van der Waals surface area contributed by atoms with E-state index in [1.165, 1.54) is 11.1 Å². The molecule has 1 heterocycles. The Balaban J connectivity index is 2.08. The molecule has 0 spiro atoms. The number of dihydropyridines is 1. The second kappa shape index (κ2) is 2.95. The van der Waals surface area contributed by atoms with Crippen molar-refractivity contribution < 1.29 is 0 Å². The number of hydrogen-bond donors (Lipinski definition) is 0. The van der Waals surface area contributed by atoms with Crippen LogP contribution in [0.1, 0.15) is 0 Å². The zero-order chi connectivity index (χ0) is 9.38. The van der Waals surface area contributed by atoms with Gasteiger partial charge in [-0.25, -0.2) is 0 Å². The summed E-state index contributed by atoms with van der Waals surface area (Å²) in [4.78, 5) is 4.53. The molecule has 0 N–H and O–H groups in total. The summed E-state index contributed by atoms with van der Waals surface area (Å²) in [5.41, 5.74) is 2.69. The van der Waals surface area contributed by atoms with Crippen LogP contribution >= 0.6 is 0 Å². The van der Waals surface area contributed by atoms with E-state index in [1.807, 2.05) is 12.3 Å². The third-order valence-corrected chi connectivity index (χ3v) is 2.87. The van der Waals surface area contributed by atoms with Crippen LogP contribution in [0.2, 0.25) is 0 Å². The van der Waals surface area contributed by atoms with Gasteiger partial charge in [0.05, 0.1) is 6.04 Å². The molecule has 2 aliphatic carbocycles. The Labute approximate surface area is 83.5 Å². The second-order valence-corrected chi connectivity index (χ2v) is 3.71. The summed E-state index contributed by atoms with van der Waals surface area (Å²) < 4.78 is 0. The Bertz CT molecular complexity index is 388. The average molecular weight is 181 g/mol. The molecule has 0 amide bonds. The summed E-state index contributed by atoms with van der Waals surface area (Å²) in [6.07, 6.45) is 19.0. The van der Waals surface area contributed by atoms with Gasteiger partial charge in [-0.05, 0) is 17.2 Å². The van der Waals surface area contributed by atoms with E-state index in [1.54, 1.807) is 0 Å². The van der Waals surface area contributed by atoms with Crippen molar-refractivity contribution in [2.45, 2.75) is 6.04 Å². The normalized spacial score (nSPS) is 32.0. The Morgan fingerprint density at radius 3 is 2.79 bits per heavy atom. The summed E-state index contributed by atoms with van der Waals surface area (Å²) in [6.45, 7) is 0. The first kappa shape index (κ1) is 7.74. The van der Waals surface area contributed by atoms with Gasteiger partial charge < -0.3 is 0 Å². The molecule has 0 fully saturated rings. The highest BCUT2D eigenvalue weighted by Gasteiger charge is 2.27. The zero-order valence-corrected chi connectivity index (χ0v) is 7.80. The Hall–Kier alpha value is -1.63. The maximum Gasteiger partial charge on any atom is 0.0852 e. The Morgan fingerprint density at radius 1 is 0.929 bits per heavy atom. The van der Waals surface area contributed by atoms with Crippen LogP contribution in [0, 0.1) is 5.92 Å². The average Bonchev–Trinajstić information content (AvgIpc) is 2.29. The lowest BCUT2D eigenvalue weighted by Crippen LogP contribution is -2.25. The monoisotopic (exact) mass is 181 g/mol. The summed E-state index contributed by atoms with van der Waals surface area (Å²) in [6, 6.07) is 0.307. The Kier molecular flexibility index (Phi) is 1.63. The molecule has 3 rings (SSSR count). The molecule has 1 heteroatoms. The number of nitrogens with zero attached hydrogens (tertiary/aromatic N) is 1. The largest absolute Gasteiger partial charge is 0.284 e. The van der Waals surface area contributed by atoms with E-state index in [-0.39, 0.29) is 0 Å². The fraction of sp³-hybridized carbons (Fsp3) is 0.154. The van der Waals surface area contributed by atoms with Crippen molar-refractivity contribution in [3.8, 4) is 0 Å². The molecule has 0 radical (unpaired) electrons. The minimum Gasteiger partial charge on any atom is -0.284 e. The van der Waals surface area contributed by atoms with Gasteiger partial charge in [0.25, 0.3) is 0 Å². The van der Waals surface area contributed by atoms with E-state index in [0.29, 0.717) is 12.0 Å². The van der Waals surface area contributed by atoms with Crippen LogP contribution in [-0.4, -0.2) is 12.3 Å². The van der Waals surface area contributed by atoms with Crippen molar-refractivity contribution >= 4 is 6.21 Å². The molecule has 14 heavy (non-hydrogen) atoms. The third-order valence-electron chi connectivity index (χ3n) is 2.87. The minimum absolute atomic E-state index is 0.307. The van der Waals surface area contributed by atoms with Crippen LogP contribution in [0.4, 0.5) is 0 Å². The summed E-state index contributed by atoms with van der Waals surface area (Å²) >= 11 is 0. The van der Waals surface area contributed by atoms with Gasteiger partial charge in [-0.15, -0.1) is 0 Å². The molecule has 2 atom stereocenters. The smallest absolute Gasteiger partial charge is 0.0852 e. The van der Waals surface area contributed by atoms with Crippen LogP contribution in [0.15, 0.2) is 64.7 Å². The van der Waals surface area contributed by atoms with Gasteiger partial charge in [0, 0.05) is 12.1 Å². The molecule has 2 unspecified atom stereocenters. The Morgan fingerprint density at radius 2 is 1.79 bits per heavy atom. The van der Waals surface area contributed by atoms with Gasteiger partial charge >= 0.3 is 0 Å². The van der Waals surface area contributed by atoms with Crippen molar-refractivity contribution in [2.24, 2.45) is 10.9 Å². The lowest BCUT2D eigenvalue weighted by molar-refractivity contribution is 0.639. The van der Waals surface area contributed by atoms with Gasteiger partial charge in [-0.3, -0.25) is 4.99 Å². The highest BCUT2D eigenvalue weighted by Crippen LogP contribution is 2.33. The van der Waals surface area contributed by atoms with Crippen LogP contribution < -0.4 is 0 Å². The lowest BCUT2D eigenvalue weighted by Gasteiger charge is -2.29. The molecule has 0 aromatic heterocycles. The number of allylic oxidation sites excluding steroid dienone is 6. The van der Waals surface area contributed by atoms with Gasteiger partial charge in [-0.2, -0.15) is 0 Å². The SMILES string of the molecule is C1=CC2=CC=C3C=CC=NC3C2C=C1. The zero-order valence-electron chi connectivity index (χ0n) is 7.80. The standard InChI is InChI=1S/C13H11N/c1-2-6-12-10(4-1)7-8-11-5-3-9-14-13(11)12/h1-9,12-13H. The molecule has 3 aliphatic rings. The molecule has 0 saturated carbocycles. The minimum atomic E-state index is 0.307. The number of fused-ring (bicyclic) bond motifs is 3. The maximum atomic E-state index is 4.53. The molecule has 0 bridgehead atoms. The van der Waals surface area contributed by atoms with E-state index >= 15 is 0 Å². The molecule has 1 aliphatic heterocycles. The van der Waals surface area contributed by atoms with E-state index in [2.05, 4.69) is 47.5 Å². The van der Waals surface area contributed by atoms with Gasteiger partial charge in [0.1, 0.15) is 0 Å². The number of rotatable bonds is 0. The fourth-order valence-corrected chi connectivity index (χ4v) is 2.15. The predicted octanol–water partition coefficient (Wildman–Crippen LogP) is 2.60. The molecular formula is C13H11N.